The summed E-state index contributed by atoms with van der Waals surface area (Å²) < 4.78 is 10.1. The molecule has 0 spiro atoms. The number of halogens is 2. The number of carbonyl (C=O) groups excluding carboxylic acids is 1. The Labute approximate surface area is 110 Å². The van der Waals surface area contributed by atoms with Crippen molar-refractivity contribution in [2.45, 2.75) is 19.1 Å². The summed E-state index contributed by atoms with van der Waals surface area (Å²) in [4.78, 5) is 10.7. The van der Waals surface area contributed by atoms with Gasteiger partial charge in [0.25, 0.3) is 0 Å². The second-order valence-corrected chi connectivity index (χ2v) is 4.31. The molecular formula is C11H13Cl2NO3. The lowest BCUT2D eigenvalue weighted by Crippen LogP contribution is -2.27. The molecule has 0 saturated carbocycles. The standard InChI is InChI=1S/C11H13Cl2NO3/c1-6(17-11(14)15)10(16-2)8-4-3-7(12)5-9(8)13/h3-6,10H,1-2H3,(H2,14,15)/t6-,10+/m1/s1. The maximum absolute atomic E-state index is 10.7. The van der Waals surface area contributed by atoms with Gasteiger partial charge in [0.2, 0.25) is 0 Å². The molecule has 94 valence electrons. The predicted octanol–water partition coefficient (Wildman–Crippen LogP) is 3.16. The first kappa shape index (κ1) is 14.1. The van der Waals surface area contributed by atoms with Gasteiger partial charge in [-0.2, -0.15) is 0 Å². The average molecular weight is 278 g/mol. The molecule has 2 N–H and O–H groups in total. The third-order valence-electron chi connectivity index (χ3n) is 2.25. The third kappa shape index (κ3) is 3.77. The largest absolute Gasteiger partial charge is 0.444 e. The van der Waals surface area contributed by atoms with E-state index in [4.69, 9.17) is 38.4 Å². The minimum Gasteiger partial charge on any atom is -0.444 e. The van der Waals surface area contributed by atoms with Crippen molar-refractivity contribution in [1.29, 1.82) is 0 Å². The Bertz CT molecular complexity index is 412. The number of methoxy groups -OCH3 is 1. The molecule has 6 heteroatoms. The van der Waals surface area contributed by atoms with Crippen molar-refractivity contribution in [1.82, 2.24) is 0 Å². The van der Waals surface area contributed by atoms with Gasteiger partial charge in [-0.1, -0.05) is 29.3 Å². The van der Waals surface area contributed by atoms with E-state index in [9.17, 15) is 4.79 Å². The van der Waals surface area contributed by atoms with Crippen LogP contribution in [0.4, 0.5) is 4.79 Å². The van der Waals surface area contributed by atoms with E-state index in [2.05, 4.69) is 0 Å². The molecule has 2 atom stereocenters. The molecule has 17 heavy (non-hydrogen) atoms. The zero-order valence-electron chi connectivity index (χ0n) is 9.44. The van der Waals surface area contributed by atoms with E-state index in [0.29, 0.717) is 15.6 Å². The summed E-state index contributed by atoms with van der Waals surface area (Å²) in [7, 11) is 1.50. The van der Waals surface area contributed by atoms with E-state index in [1.54, 1.807) is 25.1 Å². The number of carbonyl (C=O) groups is 1. The normalized spacial score (nSPS) is 14.1. The van der Waals surface area contributed by atoms with Crippen molar-refractivity contribution >= 4 is 29.3 Å². The summed E-state index contributed by atoms with van der Waals surface area (Å²) in [5, 5.41) is 0.973. The fraction of sp³-hybridized carbons (Fsp3) is 0.364. The van der Waals surface area contributed by atoms with Crippen LogP contribution in [0.1, 0.15) is 18.6 Å². The number of ether oxygens (including phenoxy) is 2. The molecular weight excluding hydrogens is 265 g/mol. The monoisotopic (exact) mass is 277 g/mol. The average Bonchev–Trinajstić information content (AvgIpc) is 2.21. The topological polar surface area (TPSA) is 61.6 Å². The van der Waals surface area contributed by atoms with Crippen molar-refractivity contribution in [2.24, 2.45) is 5.73 Å². The van der Waals surface area contributed by atoms with E-state index in [0.717, 1.165) is 0 Å². The van der Waals surface area contributed by atoms with Crippen LogP contribution in [-0.2, 0) is 9.47 Å². The van der Waals surface area contributed by atoms with E-state index < -0.39 is 18.3 Å². The molecule has 4 nitrogen and oxygen atoms in total. The highest BCUT2D eigenvalue weighted by Crippen LogP contribution is 2.31. The quantitative estimate of drug-likeness (QED) is 0.920. The van der Waals surface area contributed by atoms with Crippen LogP contribution < -0.4 is 5.73 Å². The van der Waals surface area contributed by atoms with Gasteiger partial charge in [-0.25, -0.2) is 4.79 Å². The molecule has 1 aromatic carbocycles. The van der Waals surface area contributed by atoms with Gasteiger partial charge in [-0.05, 0) is 19.1 Å². The highest BCUT2D eigenvalue weighted by molar-refractivity contribution is 6.35. The third-order valence-corrected chi connectivity index (χ3v) is 2.81. The second-order valence-electron chi connectivity index (χ2n) is 3.46. The lowest BCUT2D eigenvalue weighted by molar-refractivity contribution is -0.0120. The van der Waals surface area contributed by atoms with Crippen LogP contribution in [0.5, 0.6) is 0 Å². The second kappa shape index (κ2) is 6.10. The molecule has 0 aromatic heterocycles. The first-order chi connectivity index (χ1) is 7.95. The highest BCUT2D eigenvalue weighted by Gasteiger charge is 2.24. The lowest BCUT2D eigenvalue weighted by atomic mass is 10.1. The SMILES string of the molecule is CO[C@H](c1ccc(Cl)cc1Cl)[C@@H](C)OC(N)=O. The first-order valence-electron chi connectivity index (χ1n) is 4.89. The molecule has 0 saturated heterocycles. The zero-order valence-corrected chi connectivity index (χ0v) is 11.0. The fourth-order valence-electron chi connectivity index (χ4n) is 1.55. The molecule has 0 heterocycles. The van der Waals surface area contributed by atoms with Gasteiger partial charge in [-0.3, -0.25) is 0 Å². The van der Waals surface area contributed by atoms with Gasteiger partial charge in [0.1, 0.15) is 12.2 Å². The number of hydrogen-bond acceptors (Lipinski definition) is 3. The van der Waals surface area contributed by atoms with Crippen molar-refractivity contribution in [3.05, 3.63) is 33.8 Å². The van der Waals surface area contributed by atoms with Crippen LogP contribution in [0, 0.1) is 0 Å². The molecule has 1 aromatic rings. The van der Waals surface area contributed by atoms with Crippen molar-refractivity contribution in [3.63, 3.8) is 0 Å². The van der Waals surface area contributed by atoms with Crippen molar-refractivity contribution in [2.75, 3.05) is 7.11 Å². The van der Waals surface area contributed by atoms with Crippen LogP contribution in [-0.4, -0.2) is 19.3 Å². The van der Waals surface area contributed by atoms with E-state index in [1.807, 2.05) is 0 Å². The van der Waals surface area contributed by atoms with E-state index >= 15 is 0 Å². The summed E-state index contributed by atoms with van der Waals surface area (Å²) in [6, 6.07) is 5.01. The van der Waals surface area contributed by atoms with Gasteiger partial charge in [-0.15, -0.1) is 0 Å². The maximum Gasteiger partial charge on any atom is 0.404 e. The fourth-order valence-corrected chi connectivity index (χ4v) is 2.06. The summed E-state index contributed by atoms with van der Waals surface area (Å²) in [6.07, 6.45) is -1.90. The Hall–Kier alpha value is -0.970. The number of primary amides is 1. The maximum atomic E-state index is 10.7. The molecule has 0 aliphatic heterocycles. The van der Waals surface area contributed by atoms with Crippen LogP contribution >= 0.6 is 23.2 Å². The van der Waals surface area contributed by atoms with Crippen molar-refractivity contribution < 1.29 is 14.3 Å². The van der Waals surface area contributed by atoms with Gasteiger partial charge < -0.3 is 15.2 Å². The zero-order chi connectivity index (χ0) is 13.0. The van der Waals surface area contributed by atoms with E-state index in [-0.39, 0.29) is 0 Å². The Balaban J connectivity index is 2.96. The lowest BCUT2D eigenvalue weighted by Gasteiger charge is -2.23. The number of rotatable bonds is 4. The molecule has 0 radical (unpaired) electrons. The van der Waals surface area contributed by atoms with Gasteiger partial charge in [0, 0.05) is 22.7 Å². The molecule has 0 bridgehead atoms. The summed E-state index contributed by atoms with van der Waals surface area (Å²) >= 11 is 11.8. The van der Waals surface area contributed by atoms with Gasteiger partial charge in [0.05, 0.1) is 0 Å². The number of nitrogens with two attached hydrogens (primary N) is 1. The Morgan fingerprint density at radius 1 is 1.41 bits per heavy atom. The summed E-state index contributed by atoms with van der Waals surface area (Å²) in [5.74, 6) is 0. The molecule has 0 aliphatic rings. The molecule has 0 aliphatic carbocycles. The minimum absolute atomic E-state index is 0.448. The summed E-state index contributed by atoms with van der Waals surface area (Å²) in [6.45, 7) is 1.67. The van der Waals surface area contributed by atoms with Crippen molar-refractivity contribution in [3.8, 4) is 0 Å². The molecule has 0 unspecified atom stereocenters. The molecule has 1 rings (SSSR count). The van der Waals surface area contributed by atoms with Crippen LogP contribution in [0.2, 0.25) is 10.0 Å². The minimum atomic E-state index is -0.857. The highest BCUT2D eigenvalue weighted by atomic mass is 35.5. The smallest absolute Gasteiger partial charge is 0.404 e. The predicted molar refractivity (Wildman–Crippen MR) is 66.3 cm³/mol. The van der Waals surface area contributed by atoms with Gasteiger partial charge in [0.15, 0.2) is 0 Å². The first-order valence-corrected chi connectivity index (χ1v) is 5.65. The summed E-state index contributed by atoms with van der Waals surface area (Å²) in [5.41, 5.74) is 5.64. The van der Waals surface area contributed by atoms with Crippen LogP contribution in [0.15, 0.2) is 18.2 Å². The molecule has 0 fully saturated rings. The number of hydrogen-bond donors (Lipinski definition) is 1. The Morgan fingerprint density at radius 3 is 2.53 bits per heavy atom. The van der Waals surface area contributed by atoms with Crippen LogP contribution in [0.3, 0.4) is 0 Å². The van der Waals surface area contributed by atoms with Gasteiger partial charge >= 0.3 is 6.09 Å². The van der Waals surface area contributed by atoms with Crippen LogP contribution in [0.25, 0.3) is 0 Å². The van der Waals surface area contributed by atoms with E-state index in [1.165, 1.54) is 7.11 Å². The number of benzene rings is 1. The number of amides is 1. The Kier molecular flexibility index (Phi) is 5.05. The Morgan fingerprint density at radius 2 is 2.06 bits per heavy atom. The molecule has 1 amide bonds.